The zero-order valence-electron chi connectivity index (χ0n) is 10.9. The van der Waals surface area contributed by atoms with Crippen LogP contribution in [-0.4, -0.2) is 21.7 Å². The van der Waals surface area contributed by atoms with Crippen LogP contribution in [0.25, 0.3) is 11.0 Å². The minimum absolute atomic E-state index is 0.523. The quantitative estimate of drug-likeness (QED) is 0.868. The van der Waals surface area contributed by atoms with Crippen LogP contribution in [0, 0.1) is 0 Å². The molecular weight excluding hydrogens is 310 g/mol. The summed E-state index contributed by atoms with van der Waals surface area (Å²) in [6, 6.07) is 3.66. The van der Waals surface area contributed by atoms with Crippen LogP contribution in [0.5, 0.6) is 0 Å². The summed E-state index contributed by atoms with van der Waals surface area (Å²) >= 11 is 3.42. The van der Waals surface area contributed by atoms with Crippen LogP contribution >= 0.6 is 15.9 Å². The van der Waals surface area contributed by atoms with E-state index in [1.165, 1.54) is 0 Å². The molecule has 2 aromatic rings. The van der Waals surface area contributed by atoms with Gasteiger partial charge in [-0.05, 0) is 48.8 Å². The highest BCUT2D eigenvalue weighted by molar-refractivity contribution is 9.10. The highest BCUT2D eigenvalue weighted by atomic mass is 79.9. The van der Waals surface area contributed by atoms with Crippen molar-refractivity contribution in [1.29, 1.82) is 0 Å². The molecule has 2 heterocycles. The van der Waals surface area contributed by atoms with Gasteiger partial charge in [0.25, 0.3) is 0 Å². The molecule has 0 aliphatic rings. The normalized spacial score (nSPS) is 11.4. The average Bonchev–Trinajstić information content (AvgIpc) is 2.31. The van der Waals surface area contributed by atoms with E-state index in [-0.39, 0.29) is 0 Å². The van der Waals surface area contributed by atoms with Gasteiger partial charge in [-0.3, -0.25) is 15.3 Å². The second kappa shape index (κ2) is 5.13. The van der Waals surface area contributed by atoms with Crippen LogP contribution in [-0.2, 0) is 4.74 Å². The van der Waals surface area contributed by atoms with E-state index < -0.39 is 11.7 Å². The Kier molecular flexibility index (Phi) is 3.71. The van der Waals surface area contributed by atoms with E-state index in [9.17, 15) is 4.79 Å². The second-order valence-electron chi connectivity index (χ2n) is 4.98. The van der Waals surface area contributed by atoms with Crippen LogP contribution in [0.4, 0.5) is 10.5 Å². The van der Waals surface area contributed by atoms with Crippen molar-refractivity contribution in [1.82, 2.24) is 9.97 Å². The molecule has 100 valence electrons. The first kappa shape index (κ1) is 13.7. The van der Waals surface area contributed by atoms with Crippen LogP contribution < -0.4 is 5.32 Å². The molecule has 6 heteroatoms. The van der Waals surface area contributed by atoms with Gasteiger partial charge in [-0.2, -0.15) is 0 Å². The number of rotatable bonds is 1. The number of fused-ring (bicyclic) bond motifs is 1. The molecule has 0 radical (unpaired) electrons. The topological polar surface area (TPSA) is 64.1 Å². The first-order valence-corrected chi connectivity index (χ1v) is 6.55. The number of amides is 1. The first-order valence-electron chi connectivity index (χ1n) is 5.76. The Labute approximate surface area is 119 Å². The highest BCUT2D eigenvalue weighted by Gasteiger charge is 2.17. The molecule has 0 fully saturated rings. The Morgan fingerprint density at radius 1 is 1.37 bits per heavy atom. The molecule has 0 unspecified atom stereocenters. The van der Waals surface area contributed by atoms with Gasteiger partial charge in [0, 0.05) is 6.20 Å². The van der Waals surface area contributed by atoms with E-state index in [0.29, 0.717) is 15.7 Å². The Balaban J connectivity index is 2.26. The lowest BCUT2D eigenvalue weighted by Gasteiger charge is -2.20. The van der Waals surface area contributed by atoms with Crippen molar-refractivity contribution in [2.75, 3.05) is 5.32 Å². The van der Waals surface area contributed by atoms with Crippen molar-refractivity contribution in [2.24, 2.45) is 0 Å². The summed E-state index contributed by atoms with van der Waals surface area (Å²) in [6.07, 6.45) is 2.72. The molecule has 19 heavy (non-hydrogen) atoms. The minimum Gasteiger partial charge on any atom is -0.444 e. The van der Waals surface area contributed by atoms with Gasteiger partial charge >= 0.3 is 6.09 Å². The van der Waals surface area contributed by atoms with Crippen molar-refractivity contribution >= 4 is 38.7 Å². The van der Waals surface area contributed by atoms with Gasteiger partial charge in [-0.1, -0.05) is 0 Å². The smallest absolute Gasteiger partial charge is 0.412 e. The van der Waals surface area contributed by atoms with Gasteiger partial charge < -0.3 is 4.74 Å². The van der Waals surface area contributed by atoms with Crippen molar-refractivity contribution in [2.45, 2.75) is 26.4 Å². The van der Waals surface area contributed by atoms with Crippen LogP contribution in [0.2, 0.25) is 0 Å². The third-order valence-corrected chi connectivity index (χ3v) is 3.00. The predicted molar refractivity (Wildman–Crippen MR) is 77.1 cm³/mol. The standard InChI is InChI=1S/C13H14BrN3O2/c1-13(2,3)19-12(18)17-9-7-16-8-5-4-6-15-11(8)10(9)14/h4-7H,1-3H3,(H,17,18). The summed E-state index contributed by atoms with van der Waals surface area (Å²) in [6.45, 7) is 5.42. The van der Waals surface area contributed by atoms with Gasteiger partial charge in [-0.15, -0.1) is 0 Å². The lowest BCUT2D eigenvalue weighted by atomic mass is 10.2. The maximum Gasteiger partial charge on any atom is 0.412 e. The van der Waals surface area contributed by atoms with E-state index >= 15 is 0 Å². The Hall–Kier alpha value is -1.69. The Bertz CT molecular complexity index is 623. The monoisotopic (exact) mass is 323 g/mol. The van der Waals surface area contributed by atoms with E-state index in [1.807, 2.05) is 32.9 Å². The molecule has 2 aromatic heterocycles. The molecule has 1 N–H and O–H groups in total. The lowest BCUT2D eigenvalue weighted by molar-refractivity contribution is 0.0636. The van der Waals surface area contributed by atoms with Crippen LogP contribution in [0.15, 0.2) is 29.0 Å². The number of nitrogens with one attached hydrogen (secondary N) is 1. The summed E-state index contributed by atoms with van der Waals surface area (Å²) in [7, 11) is 0. The number of nitrogens with zero attached hydrogens (tertiary/aromatic N) is 2. The number of anilines is 1. The minimum atomic E-state index is -0.543. The second-order valence-corrected chi connectivity index (χ2v) is 5.78. The molecule has 2 rings (SSSR count). The third kappa shape index (κ3) is 3.41. The summed E-state index contributed by atoms with van der Waals surface area (Å²) in [5, 5.41) is 2.65. The molecule has 0 aromatic carbocycles. The van der Waals surface area contributed by atoms with Gasteiger partial charge in [-0.25, -0.2) is 4.79 Å². The SMILES string of the molecule is CC(C)(C)OC(=O)Nc1cnc2cccnc2c1Br. The first-order chi connectivity index (χ1) is 8.87. The summed E-state index contributed by atoms with van der Waals surface area (Å²) in [4.78, 5) is 20.2. The molecule has 0 aliphatic carbocycles. The number of halogens is 1. The van der Waals surface area contributed by atoms with Crippen molar-refractivity contribution in [3.63, 3.8) is 0 Å². The summed E-state index contributed by atoms with van der Waals surface area (Å²) < 4.78 is 5.87. The van der Waals surface area contributed by atoms with Crippen LogP contribution in [0.1, 0.15) is 20.8 Å². The number of pyridine rings is 2. The number of hydrogen-bond acceptors (Lipinski definition) is 4. The fourth-order valence-corrected chi connectivity index (χ4v) is 2.00. The zero-order valence-corrected chi connectivity index (χ0v) is 12.5. The fourth-order valence-electron chi connectivity index (χ4n) is 1.49. The number of carbonyl (C=O) groups is 1. The summed E-state index contributed by atoms with van der Waals surface area (Å²) in [5.74, 6) is 0. The molecule has 0 aliphatic heterocycles. The number of aromatic nitrogens is 2. The molecule has 0 bridgehead atoms. The highest BCUT2D eigenvalue weighted by Crippen LogP contribution is 2.28. The maximum atomic E-state index is 11.7. The van der Waals surface area contributed by atoms with E-state index in [1.54, 1.807) is 12.4 Å². The Morgan fingerprint density at radius 3 is 2.79 bits per heavy atom. The molecular formula is C13H14BrN3O2. The molecule has 0 atom stereocenters. The van der Waals surface area contributed by atoms with Crippen molar-refractivity contribution < 1.29 is 9.53 Å². The van der Waals surface area contributed by atoms with E-state index in [0.717, 1.165) is 5.52 Å². The van der Waals surface area contributed by atoms with Gasteiger partial charge in [0.15, 0.2) is 0 Å². The zero-order chi connectivity index (χ0) is 14.0. The summed E-state index contributed by atoms with van der Waals surface area (Å²) in [5.41, 5.74) is 1.43. The third-order valence-electron chi connectivity index (χ3n) is 2.20. The molecule has 0 spiro atoms. The lowest BCUT2D eigenvalue weighted by Crippen LogP contribution is -2.27. The number of ether oxygens (including phenoxy) is 1. The van der Waals surface area contributed by atoms with Gasteiger partial charge in [0.05, 0.1) is 21.9 Å². The number of carbonyl (C=O) groups excluding carboxylic acids is 1. The van der Waals surface area contributed by atoms with Crippen molar-refractivity contribution in [3.05, 3.63) is 29.0 Å². The fraction of sp³-hybridized carbons (Fsp3) is 0.308. The van der Waals surface area contributed by atoms with E-state index in [4.69, 9.17) is 4.74 Å². The van der Waals surface area contributed by atoms with Crippen LogP contribution in [0.3, 0.4) is 0 Å². The van der Waals surface area contributed by atoms with Crippen molar-refractivity contribution in [3.8, 4) is 0 Å². The number of hydrogen-bond donors (Lipinski definition) is 1. The molecule has 0 saturated carbocycles. The molecule has 0 saturated heterocycles. The molecule has 5 nitrogen and oxygen atoms in total. The van der Waals surface area contributed by atoms with E-state index in [2.05, 4.69) is 31.2 Å². The predicted octanol–water partition coefficient (Wildman–Crippen LogP) is 3.74. The van der Waals surface area contributed by atoms with Gasteiger partial charge in [0.2, 0.25) is 0 Å². The average molecular weight is 324 g/mol. The Morgan fingerprint density at radius 2 is 2.11 bits per heavy atom. The molecule has 1 amide bonds. The maximum absolute atomic E-state index is 11.7. The van der Waals surface area contributed by atoms with Gasteiger partial charge in [0.1, 0.15) is 11.1 Å². The largest absolute Gasteiger partial charge is 0.444 e.